The van der Waals surface area contributed by atoms with Crippen LogP contribution < -0.4 is 10.9 Å². The first kappa shape index (κ1) is 27.9. The van der Waals surface area contributed by atoms with Crippen LogP contribution in [-0.4, -0.2) is 35.8 Å². The summed E-state index contributed by atoms with van der Waals surface area (Å²) in [6, 6.07) is 15.7. The third kappa shape index (κ3) is 5.35. The summed E-state index contributed by atoms with van der Waals surface area (Å²) in [4.78, 5) is 31.1. The number of alkyl carbamates (subject to hydrolysis) is 1. The summed E-state index contributed by atoms with van der Waals surface area (Å²) in [7, 11) is -4.04. The third-order valence-electron chi connectivity index (χ3n) is 8.02. The van der Waals surface area contributed by atoms with Gasteiger partial charge in [0.05, 0.1) is 17.2 Å². The standard InChI is InChI=1S/C29H33N3O7S/c1-3-23-24(33)25(34)32-18-28(19-39-40(36,37)22-11-9-20(2)10-12-22)13-15-29(16-14-28,26(32)30-23)31-27(35)38-17-21-7-5-4-6-8-21/h4-12,33H,3,13-19H2,1-2H3,(H,31,35). The number of aromatic nitrogens is 2. The van der Waals surface area contributed by atoms with Crippen molar-refractivity contribution >= 4 is 16.2 Å². The molecule has 3 aliphatic rings. The van der Waals surface area contributed by atoms with Gasteiger partial charge in [-0.05, 0) is 56.7 Å². The smallest absolute Gasteiger partial charge is 0.408 e. The van der Waals surface area contributed by atoms with Gasteiger partial charge < -0.3 is 15.2 Å². The molecule has 0 saturated heterocycles. The zero-order chi connectivity index (χ0) is 28.5. The normalized spacial score (nSPS) is 21.9. The van der Waals surface area contributed by atoms with Gasteiger partial charge in [0, 0.05) is 12.0 Å². The number of ether oxygens (including phenoxy) is 1. The number of hydrogen-bond acceptors (Lipinski definition) is 8. The summed E-state index contributed by atoms with van der Waals surface area (Å²) >= 11 is 0. The molecule has 2 aromatic carbocycles. The molecule has 1 aliphatic carbocycles. The fourth-order valence-electron chi connectivity index (χ4n) is 5.57. The number of nitrogens with zero attached hydrogens (tertiary/aromatic N) is 2. The van der Waals surface area contributed by atoms with Crippen molar-refractivity contribution in [3.8, 4) is 5.75 Å². The molecule has 6 rings (SSSR count). The number of nitrogens with one attached hydrogen (secondary N) is 1. The first-order valence-electron chi connectivity index (χ1n) is 13.3. The van der Waals surface area contributed by atoms with Crippen molar-refractivity contribution in [1.29, 1.82) is 0 Å². The van der Waals surface area contributed by atoms with Crippen molar-refractivity contribution in [3.05, 3.63) is 87.6 Å². The Morgan fingerprint density at radius 1 is 1.07 bits per heavy atom. The second-order valence-electron chi connectivity index (χ2n) is 10.8. The summed E-state index contributed by atoms with van der Waals surface area (Å²) in [5, 5.41) is 13.6. The summed E-state index contributed by atoms with van der Waals surface area (Å²) in [6.07, 6.45) is 1.37. The lowest BCUT2D eigenvalue weighted by Gasteiger charge is -2.41. The average molecular weight is 568 g/mol. The van der Waals surface area contributed by atoms with Crippen LogP contribution in [0.3, 0.4) is 0 Å². The van der Waals surface area contributed by atoms with Crippen molar-refractivity contribution in [2.45, 2.75) is 69.5 Å². The van der Waals surface area contributed by atoms with E-state index in [1.54, 1.807) is 19.1 Å². The van der Waals surface area contributed by atoms with Crippen LogP contribution in [0.5, 0.6) is 5.75 Å². The van der Waals surface area contributed by atoms with Crippen molar-refractivity contribution < 1.29 is 27.2 Å². The molecule has 0 unspecified atom stereocenters. The van der Waals surface area contributed by atoms with Gasteiger partial charge in [0.1, 0.15) is 18.0 Å². The molecule has 1 aromatic heterocycles. The molecule has 2 bridgehead atoms. The molecule has 11 heteroatoms. The second-order valence-corrected chi connectivity index (χ2v) is 12.4. The summed E-state index contributed by atoms with van der Waals surface area (Å²) in [5.74, 6) is -0.109. The maximum atomic E-state index is 13.4. The first-order chi connectivity index (χ1) is 19.1. The minimum atomic E-state index is -4.04. The minimum Gasteiger partial charge on any atom is -0.502 e. The van der Waals surface area contributed by atoms with Crippen molar-refractivity contribution in [1.82, 2.24) is 14.9 Å². The number of carbonyl (C=O) groups is 1. The highest BCUT2D eigenvalue weighted by Gasteiger charge is 2.52. The van der Waals surface area contributed by atoms with Crippen molar-refractivity contribution in [2.75, 3.05) is 6.61 Å². The van der Waals surface area contributed by atoms with E-state index in [1.165, 1.54) is 16.7 Å². The molecule has 40 heavy (non-hydrogen) atoms. The molecule has 0 atom stereocenters. The van der Waals surface area contributed by atoms with Crippen LogP contribution >= 0.6 is 0 Å². The summed E-state index contributed by atoms with van der Waals surface area (Å²) < 4.78 is 38.4. The monoisotopic (exact) mass is 567 g/mol. The lowest BCUT2D eigenvalue weighted by Crippen LogP contribution is -2.50. The van der Waals surface area contributed by atoms with E-state index in [-0.39, 0.29) is 30.3 Å². The maximum Gasteiger partial charge on any atom is 0.408 e. The largest absolute Gasteiger partial charge is 0.502 e. The Morgan fingerprint density at radius 2 is 1.75 bits per heavy atom. The predicted octanol–water partition coefficient (Wildman–Crippen LogP) is 3.92. The predicted molar refractivity (Wildman–Crippen MR) is 146 cm³/mol. The van der Waals surface area contributed by atoms with E-state index in [0.717, 1.165) is 11.1 Å². The number of aryl methyl sites for hydroxylation is 2. The molecule has 2 aliphatic heterocycles. The number of aromatic hydroxyl groups is 1. The highest BCUT2D eigenvalue weighted by molar-refractivity contribution is 7.86. The molecule has 0 spiro atoms. The topological polar surface area (TPSA) is 137 Å². The van der Waals surface area contributed by atoms with E-state index in [0.29, 0.717) is 37.9 Å². The lowest BCUT2D eigenvalue weighted by atomic mass is 9.69. The lowest BCUT2D eigenvalue weighted by molar-refractivity contribution is 0.0558. The fraction of sp³-hybridized carbons (Fsp3) is 0.414. The van der Waals surface area contributed by atoms with Gasteiger partial charge in [0.25, 0.3) is 15.7 Å². The van der Waals surface area contributed by atoms with Crippen LogP contribution in [0.15, 0.2) is 64.3 Å². The number of hydrogen-bond donors (Lipinski definition) is 2. The van der Waals surface area contributed by atoms with Gasteiger partial charge in [-0.2, -0.15) is 8.42 Å². The van der Waals surface area contributed by atoms with Gasteiger partial charge in [-0.3, -0.25) is 13.5 Å². The van der Waals surface area contributed by atoms with Gasteiger partial charge in [0.15, 0.2) is 0 Å². The molecule has 3 heterocycles. The average Bonchev–Trinajstić information content (AvgIpc) is 3.17. The van der Waals surface area contributed by atoms with E-state index >= 15 is 0 Å². The Labute approximate surface area is 233 Å². The number of benzene rings is 2. The minimum absolute atomic E-state index is 0.0561. The number of fused-ring (bicyclic) bond motifs is 2. The zero-order valence-corrected chi connectivity index (χ0v) is 23.4. The summed E-state index contributed by atoms with van der Waals surface area (Å²) in [5.41, 5.74) is -0.380. The number of carbonyl (C=O) groups excluding carboxylic acids is 1. The SMILES string of the molecule is CCc1nc2n(c(=O)c1O)CC1(COS(=O)(=O)c3ccc(C)cc3)CCC2(NC(=O)OCc2ccccc2)CC1. The maximum absolute atomic E-state index is 13.4. The van der Waals surface area contributed by atoms with E-state index in [2.05, 4.69) is 10.3 Å². The number of rotatable bonds is 8. The fourth-order valence-corrected chi connectivity index (χ4v) is 6.58. The van der Waals surface area contributed by atoms with Gasteiger partial charge in [0.2, 0.25) is 5.75 Å². The van der Waals surface area contributed by atoms with E-state index in [1.807, 2.05) is 37.3 Å². The van der Waals surface area contributed by atoms with Crippen LogP contribution in [0, 0.1) is 12.3 Å². The molecule has 1 saturated carbocycles. The molecule has 2 N–H and O–H groups in total. The van der Waals surface area contributed by atoms with E-state index < -0.39 is 38.5 Å². The molecule has 1 fully saturated rings. The first-order valence-corrected chi connectivity index (χ1v) is 14.8. The molecule has 212 valence electrons. The highest BCUT2D eigenvalue weighted by Crippen LogP contribution is 2.50. The molecule has 0 radical (unpaired) electrons. The van der Waals surface area contributed by atoms with Crippen molar-refractivity contribution in [3.63, 3.8) is 0 Å². The van der Waals surface area contributed by atoms with E-state index in [9.17, 15) is 23.1 Å². The highest BCUT2D eigenvalue weighted by atomic mass is 32.2. The number of amides is 1. The molecular weight excluding hydrogens is 534 g/mol. The Kier molecular flexibility index (Phi) is 7.45. The van der Waals surface area contributed by atoms with Crippen LogP contribution in [0.1, 0.15) is 55.3 Å². The Bertz CT molecular complexity index is 1560. The molecule has 3 aromatic rings. The van der Waals surface area contributed by atoms with E-state index in [4.69, 9.17) is 8.92 Å². The Hall–Kier alpha value is -3.70. The Morgan fingerprint density at radius 3 is 2.40 bits per heavy atom. The zero-order valence-electron chi connectivity index (χ0n) is 22.6. The Balaban J connectivity index is 1.44. The molecular formula is C29H33N3O7S. The van der Waals surface area contributed by atoms with Gasteiger partial charge >= 0.3 is 6.09 Å². The van der Waals surface area contributed by atoms with Crippen molar-refractivity contribution in [2.24, 2.45) is 5.41 Å². The quantitative estimate of drug-likeness (QED) is 0.391. The van der Waals surface area contributed by atoms with Crippen LogP contribution in [-0.2, 0) is 44.1 Å². The third-order valence-corrected chi connectivity index (χ3v) is 9.30. The van der Waals surface area contributed by atoms with Gasteiger partial charge in [-0.15, -0.1) is 0 Å². The van der Waals surface area contributed by atoms with Crippen LogP contribution in [0.2, 0.25) is 0 Å². The summed E-state index contributed by atoms with van der Waals surface area (Å²) in [6.45, 7) is 3.67. The molecule has 1 amide bonds. The van der Waals surface area contributed by atoms with Crippen LogP contribution in [0.4, 0.5) is 4.79 Å². The molecule has 10 nitrogen and oxygen atoms in total. The van der Waals surface area contributed by atoms with Gasteiger partial charge in [-0.1, -0.05) is 55.0 Å². The second kappa shape index (κ2) is 10.7. The van der Waals surface area contributed by atoms with Crippen LogP contribution in [0.25, 0.3) is 0 Å². The van der Waals surface area contributed by atoms with Gasteiger partial charge in [-0.25, -0.2) is 9.78 Å².